The summed E-state index contributed by atoms with van der Waals surface area (Å²) in [6.45, 7) is 4.23. The van der Waals surface area contributed by atoms with Crippen LogP contribution in [0, 0.1) is 0 Å². The second-order valence-electron chi connectivity index (χ2n) is 3.85. The van der Waals surface area contributed by atoms with Crippen LogP contribution < -0.4 is 0 Å². The van der Waals surface area contributed by atoms with E-state index in [4.69, 9.17) is 5.11 Å². The van der Waals surface area contributed by atoms with E-state index in [0.717, 1.165) is 12.8 Å². The average Bonchev–Trinajstić information content (AvgIpc) is 2.77. The molecule has 1 aromatic rings. The van der Waals surface area contributed by atoms with Crippen LogP contribution in [-0.2, 0) is 11.3 Å². The van der Waals surface area contributed by atoms with E-state index in [1.165, 1.54) is 10.9 Å². The third-order valence-electron chi connectivity index (χ3n) is 2.38. The lowest BCUT2D eigenvalue weighted by molar-refractivity contribution is -0.130. The Balaban J connectivity index is 2.47. The van der Waals surface area contributed by atoms with Crippen molar-refractivity contribution >= 4 is 11.9 Å². The fourth-order valence-corrected chi connectivity index (χ4v) is 1.33. The number of likely N-dealkylation sites (N-methyl/N-ethyl adjacent to an activating group) is 1. The molecular weight excluding hydrogens is 236 g/mol. The highest BCUT2D eigenvalue weighted by molar-refractivity contribution is 5.84. The number of aromatic carboxylic acids is 1. The number of allylic oxidation sites excluding steroid dienone is 1. The Labute approximate surface area is 105 Å². The SMILES string of the molecule is C=CCCCN(C)C(=O)Cn1cc(C(=O)O)nn1. The van der Waals surface area contributed by atoms with Gasteiger partial charge in [0.15, 0.2) is 5.69 Å². The first kappa shape index (κ1) is 13.9. The fraction of sp³-hybridized carbons (Fsp3) is 0.455. The topological polar surface area (TPSA) is 88.3 Å². The lowest BCUT2D eigenvalue weighted by Gasteiger charge is -2.16. The van der Waals surface area contributed by atoms with E-state index in [1.54, 1.807) is 18.0 Å². The number of hydrogen-bond acceptors (Lipinski definition) is 4. The summed E-state index contributed by atoms with van der Waals surface area (Å²) in [5, 5.41) is 15.7. The molecule has 0 fully saturated rings. The number of rotatable bonds is 7. The Morgan fingerprint density at radius 1 is 1.61 bits per heavy atom. The summed E-state index contributed by atoms with van der Waals surface area (Å²) >= 11 is 0. The first-order valence-electron chi connectivity index (χ1n) is 5.53. The van der Waals surface area contributed by atoms with E-state index < -0.39 is 5.97 Å². The Bertz CT molecular complexity index is 441. The summed E-state index contributed by atoms with van der Waals surface area (Å²) in [4.78, 5) is 23.9. The van der Waals surface area contributed by atoms with Crippen LogP contribution >= 0.6 is 0 Å². The zero-order valence-corrected chi connectivity index (χ0v) is 10.2. The van der Waals surface area contributed by atoms with Gasteiger partial charge in [0.2, 0.25) is 5.91 Å². The molecule has 0 aliphatic heterocycles. The van der Waals surface area contributed by atoms with E-state index >= 15 is 0 Å². The predicted molar refractivity (Wildman–Crippen MR) is 64.0 cm³/mol. The van der Waals surface area contributed by atoms with Crippen LogP contribution in [0.15, 0.2) is 18.9 Å². The minimum absolute atomic E-state index is 0.00906. The zero-order chi connectivity index (χ0) is 13.5. The minimum atomic E-state index is -1.16. The molecule has 0 aliphatic rings. The van der Waals surface area contributed by atoms with Gasteiger partial charge in [-0.3, -0.25) is 4.79 Å². The molecule has 0 spiro atoms. The number of amides is 1. The van der Waals surface area contributed by atoms with Gasteiger partial charge in [-0.25, -0.2) is 9.48 Å². The second-order valence-corrected chi connectivity index (χ2v) is 3.85. The molecule has 0 radical (unpaired) electrons. The number of unbranched alkanes of at least 4 members (excludes halogenated alkanes) is 1. The average molecular weight is 252 g/mol. The van der Waals surface area contributed by atoms with Crippen molar-refractivity contribution in [2.24, 2.45) is 0 Å². The van der Waals surface area contributed by atoms with Crippen molar-refractivity contribution in [2.75, 3.05) is 13.6 Å². The first-order valence-corrected chi connectivity index (χ1v) is 5.53. The van der Waals surface area contributed by atoms with E-state index in [1.807, 2.05) is 0 Å². The largest absolute Gasteiger partial charge is 0.476 e. The molecule has 1 heterocycles. The van der Waals surface area contributed by atoms with Gasteiger partial charge in [0, 0.05) is 13.6 Å². The third kappa shape index (κ3) is 4.00. The Hall–Kier alpha value is -2.18. The second kappa shape index (κ2) is 6.53. The highest BCUT2D eigenvalue weighted by Crippen LogP contribution is 1.97. The van der Waals surface area contributed by atoms with Crippen molar-refractivity contribution in [1.82, 2.24) is 19.9 Å². The summed E-state index contributed by atoms with van der Waals surface area (Å²) in [7, 11) is 1.69. The van der Waals surface area contributed by atoms with Crippen LogP contribution in [0.25, 0.3) is 0 Å². The van der Waals surface area contributed by atoms with Gasteiger partial charge < -0.3 is 10.0 Å². The van der Waals surface area contributed by atoms with Gasteiger partial charge in [-0.05, 0) is 12.8 Å². The van der Waals surface area contributed by atoms with Gasteiger partial charge in [0.05, 0.1) is 6.20 Å². The number of carboxylic acid groups (broad SMARTS) is 1. The molecule has 0 bridgehead atoms. The van der Waals surface area contributed by atoms with E-state index in [2.05, 4.69) is 16.9 Å². The summed E-state index contributed by atoms with van der Waals surface area (Å²) in [5.41, 5.74) is -0.169. The van der Waals surface area contributed by atoms with Crippen molar-refractivity contribution in [3.05, 3.63) is 24.5 Å². The van der Waals surface area contributed by atoms with Gasteiger partial charge in [0.25, 0.3) is 0 Å². The summed E-state index contributed by atoms with van der Waals surface area (Å²) in [5.74, 6) is -1.30. The predicted octanol–water partition coefficient (Wildman–Crippen LogP) is 0.401. The fourth-order valence-electron chi connectivity index (χ4n) is 1.33. The van der Waals surface area contributed by atoms with Crippen LogP contribution in [0.3, 0.4) is 0 Å². The van der Waals surface area contributed by atoms with Crippen LogP contribution in [0.4, 0.5) is 0 Å². The van der Waals surface area contributed by atoms with E-state index in [0.29, 0.717) is 6.54 Å². The molecule has 1 rings (SSSR count). The van der Waals surface area contributed by atoms with Crippen LogP contribution in [-0.4, -0.2) is 50.5 Å². The quantitative estimate of drug-likeness (QED) is 0.560. The molecular formula is C11H16N4O3. The number of hydrogen-bond donors (Lipinski definition) is 1. The molecule has 7 heteroatoms. The highest BCUT2D eigenvalue weighted by atomic mass is 16.4. The van der Waals surface area contributed by atoms with Crippen molar-refractivity contribution < 1.29 is 14.7 Å². The Morgan fingerprint density at radius 2 is 2.33 bits per heavy atom. The molecule has 0 saturated carbocycles. The molecule has 0 aliphatic carbocycles. The maximum atomic E-state index is 11.7. The van der Waals surface area contributed by atoms with Crippen molar-refractivity contribution in [2.45, 2.75) is 19.4 Å². The smallest absolute Gasteiger partial charge is 0.358 e. The van der Waals surface area contributed by atoms with Gasteiger partial charge in [0.1, 0.15) is 6.54 Å². The molecule has 1 aromatic heterocycles. The van der Waals surface area contributed by atoms with Crippen LogP contribution in [0.2, 0.25) is 0 Å². The normalized spacial score (nSPS) is 10.1. The number of carboxylic acids is 1. The van der Waals surface area contributed by atoms with Crippen molar-refractivity contribution in [1.29, 1.82) is 0 Å². The summed E-state index contributed by atoms with van der Waals surface area (Å²) < 4.78 is 1.22. The standard InChI is InChI=1S/C11H16N4O3/c1-3-4-5-6-14(2)10(16)8-15-7-9(11(17)18)12-13-15/h3,7H,1,4-6,8H2,2H3,(H,17,18). The van der Waals surface area contributed by atoms with Crippen molar-refractivity contribution in [3.63, 3.8) is 0 Å². The van der Waals surface area contributed by atoms with Gasteiger partial charge in [-0.15, -0.1) is 11.7 Å². The Kier molecular flexibility index (Phi) is 5.04. The number of carbonyl (C=O) groups is 2. The third-order valence-corrected chi connectivity index (χ3v) is 2.38. The molecule has 0 unspecified atom stereocenters. The summed E-state index contributed by atoms with van der Waals surface area (Å²) in [6.07, 6.45) is 4.74. The number of carbonyl (C=O) groups excluding carboxylic acids is 1. The van der Waals surface area contributed by atoms with E-state index in [9.17, 15) is 9.59 Å². The molecule has 7 nitrogen and oxygen atoms in total. The monoisotopic (exact) mass is 252 g/mol. The molecule has 0 aromatic carbocycles. The molecule has 1 amide bonds. The summed E-state index contributed by atoms with van der Waals surface area (Å²) in [6, 6.07) is 0. The first-order chi connectivity index (χ1) is 8.54. The molecule has 0 saturated heterocycles. The highest BCUT2D eigenvalue weighted by Gasteiger charge is 2.13. The molecule has 1 N–H and O–H groups in total. The minimum Gasteiger partial charge on any atom is -0.476 e. The van der Waals surface area contributed by atoms with Gasteiger partial charge in [-0.2, -0.15) is 0 Å². The lowest BCUT2D eigenvalue weighted by Crippen LogP contribution is -2.31. The zero-order valence-electron chi connectivity index (χ0n) is 10.2. The molecule has 18 heavy (non-hydrogen) atoms. The van der Waals surface area contributed by atoms with Gasteiger partial charge >= 0.3 is 5.97 Å². The lowest BCUT2D eigenvalue weighted by atomic mass is 10.3. The van der Waals surface area contributed by atoms with Gasteiger partial charge in [-0.1, -0.05) is 11.3 Å². The maximum absolute atomic E-state index is 11.7. The number of aromatic nitrogens is 3. The number of nitrogens with zero attached hydrogens (tertiary/aromatic N) is 4. The molecule has 98 valence electrons. The molecule has 0 atom stereocenters. The van der Waals surface area contributed by atoms with Crippen molar-refractivity contribution in [3.8, 4) is 0 Å². The van der Waals surface area contributed by atoms with Crippen LogP contribution in [0.5, 0.6) is 0 Å². The Morgan fingerprint density at radius 3 is 2.89 bits per heavy atom. The maximum Gasteiger partial charge on any atom is 0.358 e. The van der Waals surface area contributed by atoms with Crippen LogP contribution in [0.1, 0.15) is 23.3 Å². The van der Waals surface area contributed by atoms with E-state index in [-0.39, 0.29) is 18.1 Å².